The molecule has 1 atom stereocenters. The van der Waals surface area contributed by atoms with Crippen molar-refractivity contribution in [3.8, 4) is 5.75 Å². The van der Waals surface area contributed by atoms with Crippen LogP contribution in [0.25, 0.3) is 0 Å². The van der Waals surface area contributed by atoms with E-state index < -0.39 is 50.3 Å². The topological polar surface area (TPSA) is 27.7 Å². The van der Waals surface area contributed by atoms with E-state index in [0.717, 1.165) is 12.1 Å². The second kappa shape index (κ2) is 5.62. The monoisotopic (exact) mass is 301 g/mol. The highest BCUT2D eigenvalue weighted by atomic mass is 19.1. The molecule has 1 aromatic rings. The highest BCUT2D eigenvalue weighted by Crippen LogP contribution is 2.36. The van der Waals surface area contributed by atoms with Crippen molar-refractivity contribution in [2.75, 3.05) is 0 Å². The van der Waals surface area contributed by atoms with Crippen LogP contribution in [0, 0.1) is 5.82 Å². The Bertz CT molecular complexity index is 720. The lowest BCUT2D eigenvalue weighted by Gasteiger charge is -2.32. The number of benzene rings is 1. The summed E-state index contributed by atoms with van der Waals surface area (Å²) in [4.78, 5) is 0. The molecule has 0 bridgehead atoms. The lowest BCUT2D eigenvalue weighted by atomic mass is 9.79. The molecule has 21 heavy (non-hydrogen) atoms. The van der Waals surface area contributed by atoms with Gasteiger partial charge in [-0.1, -0.05) is 6.85 Å². The summed E-state index contributed by atoms with van der Waals surface area (Å²) < 4.78 is 83.7. The van der Waals surface area contributed by atoms with Crippen LogP contribution in [-0.2, 0) is 9.31 Å². The maximum absolute atomic E-state index is 14.2. The van der Waals surface area contributed by atoms with Gasteiger partial charge in [0.15, 0.2) is 0 Å². The SMILES string of the molecule is [2H]C([2H])([2H])CC([2H])(Oc1cc(F)cc(B2OC(C)(C)C(C)(C)O2)c1)C([2H])([2H])[2H]. The average molecular weight is 301 g/mol. The fourth-order valence-corrected chi connectivity index (χ4v) is 1.94. The molecule has 0 aromatic heterocycles. The smallest absolute Gasteiger partial charge is 0.491 e. The number of halogens is 1. The van der Waals surface area contributed by atoms with Crippen LogP contribution in [0.4, 0.5) is 4.39 Å². The molecule has 1 fully saturated rings. The van der Waals surface area contributed by atoms with E-state index in [1.54, 1.807) is 0 Å². The van der Waals surface area contributed by atoms with Gasteiger partial charge in [-0.2, -0.15) is 0 Å². The number of hydrogen-bond donors (Lipinski definition) is 0. The van der Waals surface area contributed by atoms with Gasteiger partial charge in [-0.25, -0.2) is 4.39 Å². The predicted molar refractivity (Wildman–Crippen MR) is 82.5 cm³/mol. The molecule has 1 heterocycles. The van der Waals surface area contributed by atoms with E-state index in [0.29, 0.717) is 0 Å². The molecule has 1 aliphatic heterocycles. The van der Waals surface area contributed by atoms with E-state index in [9.17, 15) is 4.39 Å². The van der Waals surface area contributed by atoms with Crippen LogP contribution >= 0.6 is 0 Å². The first-order valence-corrected chi connectivity index (χ1v) is 6.70. The van der Waals surface area contributed by atoms with Crippen LogP contribution in [0.3, 0.4) is 0 Å². The first-order chi connectivity index (χ1) is 12.4. The standard InChI is InChI=1S/C16H24BFO3/c1-7-11(2)19-14-9-12(8-13(18)10-14)17-20-15(3,4)16(5,6)21-17/h8-11H,7H2,1-6H3/i1D3,2D3,11D. The second-order valence-corrected chi connectivity index (χ2v) is 6.01. The summed E-state index contributed by atoms with van der Waals surface area (Å²) in [5.74, 6) is -1.05. The quantitative estimate of drug-likeness (QED) is 0.799. The van der Waals surface area contributed by atoms with Gasteiger partial charge in [0, 0.05) is 14.3 Å². The van der Waals surface area contributed by atoms with Crippen LogP contribution in [0.15, 0.2) is 18.2 Å². The zero-order valence-corrected chi connectivity index (χ0v) is 12.6. The molecule has 0 amide bonds. The Labute approximate surface area is 136 Å². The molecule has 0 aliphatic carbocycles. The van der Waals surface area contributed by atoms with Crippen molar-refractivity contribution in [1.29, 1.82) is 0 Å². The van der Waals surface area contributed by atoms with Crippen LogP contribution in [0.2, 0.25) is 0 Å². The van der Waals surface area contributed by atoms with Gasteiger partial charge in [0.2, 0.25) is 0 Å². The van der Waals surface area contributed by atoms with Crippen LogP contribution in [0.1, 0.15) is 57.4 Å². The van der Waals surface area contributed by atoms with Crippen LogP contribution in [0.5, 0.6) is 5.75 Å². The molecule has 1 aliphatic rings. The van der Waals surface area contributed by atoms with Crippen molar-refractivity contribution in [3.63, 3.8) is 0 Å². The maximum atomic E-state index is 14.2. The summed E-state index contributed by atoms with van der Waals surface area (Å²) in [6.45, 7) is 1.50. The summed E-state index contributed by atoms with van der Waals surface area (Å²) in [6, 6.07) is 3.34. The van der Waals surface area contributed by atoms with E-state index in [4.69, 9.17) is 23.6 Å². The van der Waals surface area contributed by atoms with Gasteiger partial charge in [-0.05, 0) is 58.6 Å². The normalized spacial score (nSPS) is 29.0. The van der Waals surface area contributed by atoms with Gasteiger partial charge < -0.3 is 14.0 Å². The molecule has 5 heteroatoms. The molecule has 3 nitrogen and oxygen atoms in total. The molecule has 0 spiro atoms. The Morgan fingerprint density at radius 3 is 2.52 bits per heavy atom. The third-order valence-corrected chi connectivity index (χ3v) is 3.82. The van der Waals surface area contributed by atoms with Crippen molar-refractivity contribution in [2.24, 2.45) is 0 Å². The molecular weight excluding hydrogens is 270 g/mol. The van der Waals surface area contributed by atoms with Gasteiger partial charge in [-0.3, -0.25) is 0 Å². The minimum Gasteiger partial charge on any atom is -0.491 e. The molecule has 2 rings (SSSR count). The zero-order valence-electron chi connectivity index (χ0n) is 19.6. The van der Waals surface area contributed by atoms with Crippen LogP contribution in [-0.4, -0.2) is 24.4 Å². The van der Waals surface area contributed by atoms with E-state index >= 15 is 0 Å². The van der Waals surface area contributed by atoms with E-state index in [1.165, 1.54) is 6.07 Å². The van der Waals surface area contributed by atoms with Crippen molar-refractivity contribution in [3.05, 3.63) is 24.0 Å². The van der Waals surface area contributed by atoms with E-state index in [2.05, 4.69) is 0 Å². The third kappa shape index (κ3) is 3.41. The Kier molecular flexibility index (Phi) is 2.45. The summed E-state index contributed by atoms with van der Waals surface area (Å²) in [5, 5.41) is 0. The summed E-state index contributed by atoms with van der Waals surface area (Å²) >= 11 is 0. The van der Waals surface area contributed by atoms with Crippen molar-refractivity contribution in [1.82, 2.24) is 0 Å². The predicted octanol–water partition coefficient (Wildman–Crippen LogP) is 3.30. The largest absolute Gasteiger partial charge is 0.495 e. The first kappa shape index (κ1) is 9.16. The molecule has 0 N–H and O–H groups in total. The molecule has 0 saturated carbocycles. The number of rotatable bonds is 4. The fraction of sp³-hybridized carbons (Fsp3) is 0.625. The Balaban J connectivity index is 2.37. The zero-order chi connectivity index (χ0) is 21.8. The number of hydrogen-bond acceptors (Lipinski definition) is 3. The van der Waals surface area contributed by atoms with Crippen molar-refractivity contribution >= 4 is 12.6 Å². The minimum atomic E-state index is -3.07. The summed E-state index contributed by atoms with van der Waals surface area (Å²) in [7, 11) is -0.932. The molecule has 116 valence electrons. The summed E-state index contributed by atoms with van der Waals surface area (Å²) in [6.07, 6.45) is -3.84. The Morgan fingerprint density at radius 1 is 1.29 bits per heavy atom. The molecule has 1 aromatic carbocycles. The second-order valence-electron chi connectivity index (χ2n) is 6.01. The van der Waals surface area contributed by atoms with Gasteiger partial charge in [-0.15, -0.1) is 0 Å². The van der Waals surface area contributed by atoms with Crippen molar-refractivity contribution < 1.29 is 28.0 Å². The fourth-order valence-electron chi connectivity index (χ4n) is 1.94. The van der Waals surface area contributed by atoms with E-state index in [1.807, 2.05) is 27.7 Å². The maximum Gasteiger partial charge on any atom is 0.495 e. The Morgan fingerprint density at radius 2 is 1.95 bits per heavy atom. The molecule has 1 saturated heterocycles. The van der Waals surface area contributed by atoms with Gasteiger partial charge >= 0.3 is 7.12 Å². The number of ether oxygens (including phenoxy) is 1. The lowest BCUT2D eigenvalue weighted by molar-refractivity contribution is 0.00578. The van der Waals surface area contributed by atoms with Gasteiger partial charge in [0.25, 0.3) is 0 Å². The highest BCUT2D eigenvalue weighted by Gasteiger charge is 2.51. The highest BCUT2D eigenvalue weighted by molar-refractivity contribution is 6.62. The van der Waals surface area contributed by atoms with Gasteiger partial charge in [0.1, 0.15) is 11.6 Å². The minimum absolute atomic E-state index is 0.232. The first-order valence-electron chi connectivity index (χ1n) is 10.2. The lowest BCUT2D eigenvalue weighted by Crippen LogP contribution is -2.41. The van der Waals surface area contributed by atoms with Crippen LogP contribution < -0.4 is 10.2 Å². The molecular formula is C16H24BFO3. The van der Waals surface area contributed by atoms with Gasteiger partial charge in [0.05, 0.1) is 18.7 Å². The molecule has 0 radical (unpaired) electrons. The Hall–Kier alpha value is -1.07. The van der Waals surface area contributed by atoms with E-state index in [-0.39, 0.29) is 11.2 Å². The average Bonchev–Trinajstić information content (AvgIpc) is 2.63. The molecule has 1 unspecified atom stereocenters. The van der Waals surface area contributed by atoms with Crippen molar-refractivity contribution in [2.45, 2.75) is 65.1 Å². The third-order valence-electron chi connectivity index (χ3n) is 3.82. The summed E-state index contributed by atoms with van der Waals surface area (Å²) in [5.41, 5.74) is -1.12.